The molecule has 3 aliphatic rings. The van der Waals surface area contributed by atoms with Gasteiger partial charge in [-0.25, -0.2) is 0 Å². The molecule has 1 saturated carbocycles. The summed E-state index contributed by atoms with van der Waals surface area (Å²) in [6.45, 7) is 10.2. The molecule has 0 aromatic carbocycles. The summed E-state index contributed by atoms with van der Waals surface area (Å²) in [6.07, 6.45) is 4.34. The molecule has 1 aliphatic carbocycles. The van der Waals surface area contributed by atoms with Crippen molar-refractivity contribution in [3.63, 3.8) is 0 Å². The van der Waals surface area contributed by atoms with Crippen LogP contribution >= 0.6 is 0 Å². The van der Waals surface area contributed by atoms with Crippen molar-refractivity contribution in [1.29, 1.82) is 0 Å². The van der Waals surface area contributed by atoms with Crippen molar-refractivity contribution in [2.24, 2.45) is 17.1 Å². The summed E-state index contributed by atoms with van der Waals surface area (Å²) in [5, 5.41) is 0. The summed E-state index contributed by atoms with van der Waals surface area (Å²) < 4.78 is 5.90. The van der Waals surface area contributed by atoms with E-state index >= 15 is 0 Å². The lowest BCUT2D eigenvalue weighted by Crippen LogP contribution is -2.83. The number of likely N-dealkylation sites (tertiary alicyclic amines) is 1. The Bertz CT molecular complexity index is 432. The van der Waals surface area contributed by atoms with E-state index in [1.54, 1.807) is 0 Å². The van der Waals surface area contributed by atoms with Crippen molar-refractivity contribution in [1.82, 2.24) is 4.90 Å². The molecule has 3 atom stereocenters. The Morgan fingerprint density at radius 3 is 2.55 bits per heavy atom. The van der Waals surface area contributed by atoms with Crippen LogP contribution in [0.1, 0.15) is 53.4 Å². The van der Waals surface area contributed by atoms with Crippen LogP contribution < -0.4 is 5.73 Å². The first-order valence-electron chi connectivity index (χ1n) is 7.95. The molecule has 1 amide bonds. The van der Waals surface area contributed by atoms with Crippen LogP contribution in [-0.4, -0.2) is 41.1 Å². The van der Waals surface area contributed by atoms with E-state index in [1.807, 2.05) is 4.90 Å². The van der Waals surface area contributed by atoms with Crippen LogP contribution in [0.15, 0.2) is 0 Å². The van der Waals surface area contributed by atoms with E-state index in [-0.39, 0.29) is 28.9 Å². The standard InChI is InChI=1S/C16H28N2O2/c1-14(2)8-6-9-18(14)13(19)16(17)11-7-5-10-20-12(11)15(16,3)4/h11-12H,5-10,17H2,1-4H3. The second-order valence-corrected chi connectivity index (χ2v) is 8.00. The molecule has 0 aromatic heterocycles. The highest BCUT2D eigenvalue weighted by atomic mass is 16.5. The second-order valence-electron chi connectivity index (χ2n) is 8.00. The van der Waals surface area contributed by atoms with Crippen molar-refractivity contribution < 1.29 is 9.53 Å². The number of fused-ring (bicyclic) bond motifs is 1. The Kier molecular flexibility index (Phi) is 3.01. The molecule has 2 aliphatic heterocycles. The van der Waals surface area contributed by atoms with Gasteiger partial charge in [0.25, 0.3) is 0 Å². The fraction of sp³-hybridized carbons (Fsp3) is 0.938. The van der Waals surface area contributed by atoms with Crippen molar-refractivity contribution >= 4 is 5.91 Å². The van der Waals surface area contributed by atoms with Crippen molar-refractivity contribution in [3.05, 3.63) is 0 Å². The maximum absolute atomic E-state index is 13.2. The molecule has 4 heteroatoms. The zero-order valence-corrected chi connectivity index (χ0v) is 13.2. The highest BCUT2D eigenvalue weighted by Gasteiger charge is 2.71. The van der Waals surface area contributed by atoms with E-state index < -0.39 is 5.54 Å². The number of amides is 1. The summed E-state index contributed by atoms with van der Waals surface area (Å²) in [4.78, 5) is 15.2. The molecule has 0 aromatic rings. The number of nitrogens with zero attached hydrogens (tertiary/aromatic N) is 1. The molecule has 0 spiro atoms. The Hall–Kier alpha value is -0.610. The van der Waals surface area contributed by atoms with Gasteiger partial charge in [-0.2, -0.15) is 0 Å². The largest absolute Gasteiger partial charge is 0.377 e. The van der Waals surface area contributed by atoms with Gasteiger partial charge in [-0.1, -0.05) is 13.8 Å². The Morgan fingerprint density at radius 1 is 1.25 bits per heavy atom. The van der Waals surface area contributed by atoms with Crippen LogP contribution in [-0.2, 0) is 9.53 Å². The van der Waals surface area contributed by atoms with Crippen LogP contribution in [0.4, 0.5) is 0 Å². The molecule has 0 radical (unpaired) electrons. The molecule has 3 unspecified atom stereocenters. The predicted octanol–water partition coefficient (Wildman–Crippen LogP) is 1.92. The van der Waals surface area contributed by atoms with E-state index in [0.717, 1.165) is 38.8 Å². The predicted molar refractivity (Wildman–Crippen MR) is 78.2 cm³/mol. The fourth-order valence-corrected chi connectivity index (χ4v) is 4.72. The zero-order valence-electron chi connectivity index (χ0n) is 13.2. The second kappa shape index (κ2) is 4.20. The van der Waals surface area contributed by atoms with Crippen LogP contribution in [0.5, 0.6) is 0 Å². The highest BCUT2D eigenvalue weighted by molar-refractivity contribution is 5.90. The van der Waals surface area contributed by atoms with Crippen LogP contribution in [0.25, 0.3) is 0 Å². The molecule has 2 N–H and O–H groups in total. The molecule has 0 bridgehead atoms. The minimum Gasteiger partial charge on any atom is -0.377 e. The van der Waals surface area contributed by atoms with E-state index in [1.165, 1.54) is 0 Å². The monoisotopic (exact) mass is 280 g/mol. The molecule has 3 rings (SSSR count). The summed E-state index contributed by atoms with van der Waals surface area (Å²) in [5.74, 6) is 0.340. The Morgan fingerprint density at radius 2 is 1.95 bits per heavy atom. The summed E-state index contributed by atoms with van der Waals surface area (Å²) in [7, 11) is 0. The van der Waals surface area contributed by atoms with E-state index in [0.29, 0.717) is 0 Å². The van der Waals surface area contributed by atoms with Crippen LogP contribution in [0.3, 0.4) is 0 Å². The molecule has 4 nitrogen and oxygen atoms in total. The number of hydrogen-bond donors (Lipinski definition) is 1. The van der Waals surface area contributed by atoms with Crippen LogP contribution in [0.2, 0.25) is 0 Å². The molecule has 114 valence electrons. The van der Waals surface area contributed by atoms with Crippen LogP contribution in [0, 0.1) is 11.3 Å². The van der Waals surface area contributed by atoms with Gasteiger partial charge in [0.2, 0.25) is 5.91 Å². The average molecular weight is 280 g/mol. The molecular weight excluding hydrogens is 252 g/mol. The third-order valence-corrected chi connectivity index (χ3v) is 6.18. The summed E-state index contributed by atoms with van der Waals surface area (Å²) >= 11 is 0. The Labute approximate surface area is 122 Å². The highest BCUT2D eigenvalue weighted by Crippen LogP contribution is 2.58. The number of ether oxygens (including phenoxy) is 1. The van der Waals surface area contributed by atoms with Gasteiger partial charge in [-0.15, -0.1) is 0 Å². The lowest BCUT2D eigenvalue weighted by molar-refractivity contribution is -0.231. The number of carbonyl (C=O) groups is 1. The van der Waals surface area contributed by atoms with Crippen molar-refractivity contribution in [3.8, 4) is 0 Å². The third kappa shape index (κ3) is 1.58. The van der Waals surface area contributed by atoms with E-state index in [2.05, 4.69) is 27.7 Å². The summed E-state index contributed by atoms with van der Waals surface area (Å²) in [6, 6.07) is 0. The van der Waals surface area contributed by atoms with Gasteiger partial charge in [0.15, 0.2) is 0 Å². The maximum Gasteiger partial charge on any atom is 0.244 e. The van der Waals surface area contributed by atoms with E-state index in [9.17, 15) is 4.79 Å². The number of carbonyl (C=O) groups excluding carboxylic acids is 1. The average Bonchev–Trinajstić information content (AvgIpc) is 2.76. The lowest BCUT2D eigenvalue weighted by atomic mass is 9.46. The molecule has 2 saturated heterocycles. The fourth-order valence-electron chi connectivity index (χ4n) is 4.72. The number of hydrogen-bond acceptors (Lipinski definition) is 3. The van der Waals surface area contributed by atoms with Gasteiger partial charge in [0.1, 0.15) is 5.54 Å². The van der Waals surface area contributed by atoms with Gasteiger partial charge in [-0.3, -0.25) is 4.79 Å². The first-order valence-corrected chi connectivity index (χ1v) is 7.95. The SMILES string of the molecule is CC1(C)CCCN1C(=O)C1(N)C2CCCOC2C1(C)C. The summed E-state index contributed by atoms with van der Waals surface area (Å²) in [5.41, 5.74) is 5.63. The topological polar surface area (TPSA) is 55.6 Å². The quantitative estimate of drug-likeness (QED) is 0.798. The first-order chi connectivity index (χ1) is 9.23. The number of nitrogens with two attached hydrogens (primary N) is 1. The molecule has 20 heavy (non-hydrogen) atoms. The van der Waals surface area contributed by atoms with Gasteiger partial charge in [0, 0.05) is 30.0 Å². The van der Waals surface area contributed by atoms with Gasteiger partial charge in [0.05, 0.1) is 6.10 Å². The minimum absolute atomic E-state index is 0.0554. The normalized spacial score (nSPS) is 42.0. The van der Waals surface area contributed by atoms with Gasteiger partial charge < -0.3 is 15.4 Å². The zero-order chi connectivity index (χ0) is 14.8. The van der Waals surface area contributed by atoms with Gasteiger partial charge in [-0.05, 0) is 39.5 Å². The van der Waals surface area contributed by atoms with Crippen molar-refractivity contribution in [2.75, 3.05) is 13.2 Å². The van der Waals surface area contributed by atoms with Crippen molar-refractivity contribution in [2.45, 2.75) is 70.6 Å². The van der Waals surface area contributed by atoms with Gasteiger partial charge >= 0.3 is 0 Å². The minimum atomic E-state index is -0.750. The smallest absolute Gasteiger partial charge is 0.244 e. The maximum atomic E-state index is 13.2. The number of rotatable bonds is 1. The Balaban J connectivity index is 1.90. The molecule has 3 fully saturated rings. The molecule has 2 heterocycles. The van der Waals surface area contributed by atoms with E-state index in [4.69, 9.17) is 10.5 Å². The molecular formula is C16H28N2O2. The first kappa shape index (κ1) is 14.3. The lowest BCUT2D eigenvalue weighted by Gasteiger charge is -2.66. The third-order valence-electron chi connectivity index (χ3n) is 6.18.